The maximum Gasteiger partial charge on any atom is 0.166 e. The third-order valence-corrected chi connectivity index (χ3v) is 4.93. The lowest BCUT2D eigenvalue weighted by atomic mass is 9.66. The van der Waals surface area contributed by atoms with Crippen LogP contribution in [-0.4, -0.2) is 5.78 Å². The molecule has 1 aliphatic carbocycles. The average Bonchev–Trinajstić information content (AvgIpc) is 2.32. The van der Waals surface area contributed by atoms with Gasteiger partial charge in [0.05, 0.1) is 0 Å². The summed E-state index contributed by atoms with van der Waals surface area (Å²) in [5.74, 6) is 0.562. The Morgan fingerprint density at radius 3 is 2.32 bits per heavy atom. The predicted octanol–water partition coefficient (Wildman–Crippen LogP) is 5.01. The van der Waals surface area contributed by atoms with Crippen LogP contribution in [0.25, 0.3) is 0 Å². The van der Waals surface area contributed by atoms with Gasteiger partial charge in [0.25, 0.3) is 0 Å². The molecule has 0 aliphatic heterocycles. The molecule has 1 nitrogen and oxygen atoms in total. The molecule has 0 bridgehead atoms. The van der Waals surface area contributed by atoms with Gasteiger partial charge in [-0.05, 0) is 61.8 Å². The Balaban J connectivity index is 2.36. The number of Topliss-reactive ketones (excluding diaryl/α,β-unsaturated/α-hetero) is 1. The number of carbonyl (C=O) groups is 1. The molecule has 1 aromatic rings. The maximum absolute atomic E-state index is 12.9. The first-order valence-corrected chi connectivity index (χ1v) is 7.45. The standard InChI is InChI=1S/C18H26O/c1-12-10-14(3)15(11-13(12)2)17(19)16-8-6-7-9-18(16,4)5/h10-11,16H,6-9H2,1-5H3. The molecule has 0 spiro atoms. The van der Waals surface area contributed by atoms with E-state index in [2.05, 4.69) is 46.8 Å². The lowest BCUT2D eigenvalue weighted by Gasteiger charge is -2.37. The largest absolute Gasteiger partial charge is 0.294 e. The lowest BCUT2D eigenvalue weighted by molar-refractivity contribution is 0.0696. The summed E-state index contributed by atoms with van der Waals surface area (Å²) in [4.78, 5) is 12.9. The van der Waals surface area contributed by atoms with Gasteiger partial charge < -0.3 is 0 Å². The number of hydrogen-bond acceptors (Lipinski definition) is 1. The van der Waals surface area contributed by atoms with Crippen LogP contribution in [0.5, 0.6) is 0 Å². The molecule has 1 aromatic carbocycles. The van der Waals surface area contributed by atoms with Gasteiger partial charge in [-0.3, -0.25) is 4.79 Å². The van der Waals surface area contributed by atoms with E-state index in [4.69, 9.17) is 0 Å². The van der Waals surface area contributed by atoms with Crippen LogP contribution in [0.1, 0.15) is 66.6 Å². The second-order valence-electron chi connectivity index (χ2n) is 6.90. The van der Waals surface area contributed by atoms with Crippen LogP contribution < -0.4 is 0 Å². The summed E-state index contributed by atoms with van der Waals surface area (Å²) in [5, 5.41) is 0. The second-order valence-corrected chi connectivity index (χ2v) is 6.90. The average molecular weight is 258 g/mol. The number of ketones is 1. The molecule has 0 aromatic heterocycles. The fourth-order valence-corrected chi connectivity index (χ4v) is 3.39. The van der Waals surface area contributed by atoms with E-state index in [1.165, 1.54) is 30.4 Å². The molecule has 0 heterocycles. The van der Waals surface area contributed by atoms with Crippen LogP contribution in [0, 0.1) is 32.1 Å². The Morgan fingerprint density at radius 2 is 1.68 bits per heavy atom. The van der Waals surface area contributed by atoms with Gasteiger partial charge in [-0.15, -0.1) is 0 Å². The Labute approximate surface area is 117 Å². The van der Waals surface area contributed by atoms with Crippen molar-refractivity contribution < 1.29 is 4.79 Å². The van der Waals surface area contributed by atoms with Crippen molar-refractivity contribution in [2.75, 3.05) is 0 Å². The second kappa shape index (κ2) is 5.11. The van der Waals surface area contributed by atoms with Gasteiger partial charge in [-0.25, -0.2) is 0 Å². The number of carbonyl (C=O) groups excluding carboxylic acids is 1. The van der Waals surface area contributed by atoms with Crippen LogP contribution in [0.2, 0.25) is 0 Å². The van der Waals surface area contributed by atoms with Gasteiger partial charge in [0.15, 0.2) is 5.78 Å². The zero-order chi connectivity index (χ0) is 14.2. The van der Waals surface area contributed by atoms with Gasteiger partial charge in [0, 0.05) is 11.5 Å². The fourth-order valence-electron chi connectivity index (χ4n) is 3.39. The Kier molecular flexibility index (Phi) is 3.85. The van der Waals surface area contributed by atoms with Gasteiger partial charge in [-0.2, -0.15) is 0 Å². The van der Waals surface area contributed by atoms with E-state index >= 15 is 0 Å². The normalized spacial score (nSPS) is 22.3. The molecule has 0 amide bonds. The van der Waals surface area contributed by atoms with E-state index in [1.807, 2.05) is 0 Å². The molecule has 1 saturated carbocycles. The van der Waals surface area contributed by atoms with Crippen LogP contribution >= 0.6 is 0 Å². The zero-order valence-corrected chi connectivity index (χ0v) is 13.0. The topological polar surface area (TPSA) is 17.1 Å². The van der Waals surface area contributed by atoms with E-state index in [1.54, 1.807) is 0 Å². The zero-order valence-electron chi connectivity index (χ0n) is 13.0. The first-order valence-electron chi connectivity index (χ1n) is 7.45. The minimum absolute atomic E-state index is 0.153. The third kappa shape index (κ3) is 2.75. The summed E-state index contributed by atoms with van der Waals surface area (Å²) in [5.41, 5.74) is 4.73. The Hall–Kier alpha value is -1.11. The van der Waals surface area contributed by atoms with E-state index < -0.39 is 0 Å². The van der Waals surface area contributed by atoms with E-state index in [-0.39, 0.29) is 11.3 Å². The van der Waals surface area contributed by atoms with E-state index in [0.717, 1.165) is 17.5 Å². The molecule has 1 aliphatic rings. The van der Waals surface area contributed by atoms with Gasteiger partial charge in [0.2, 0.25) is 0 Å². The van der Waals surface area contributed by atoms with E-state index in [0.29, 0.717) is 5.78 Å². The Morgan fingerprint density at radius 1 is 1.05 bits per heavy atom. The van der Waals surface area contributed by atoms with Crippen molar-refractivity contribution in [3.05, 3.63) is 34.4 Å². The van der Waals surface area contributed by atoms with Crippen molar-refractivity contribution in [3.63, 3.8) is 0 Å². The first-order chi connectivity index (χ1) is 8.83. The summed E-state index contributed by atoms with van der Waals surface area (Å²) < 4.78 is 0. The highest BCUT2D eigenvalue weighted by Crippen LogP contribution is 2.42. The molecule has 2 rings (SSSR count). The van der Waals surface area contributed by atoms with Crippen molar-refractivity contribution in [2.45, 2.75) is 60.3 Å². The number of aryl methyl sites for hydroxylation is 3. The summed E-state index contributed by atoms with van der Waals surface area (Å²) in [7, 11) is 0. The summed E-state index contributed by atoms with van der Waals surface area (Å²) >= 11 is 0. The van der Waals surface area contributed by atoms with E-state index in [9.17, 15) is 4.79 Å². The maximum atomic E-state index is 12.9. The van der Waals surface area contributed by atoms with Crippen molar-refractivity contribution in [1.82, 2.24) is 0 Å². The predicted molar refractivity (Wildman–Crippen MR) is 80.7 cm³/mol. The van der Waals surface area contributed by atoms with Crippen LogP contribution in [0.3, 0.4) is 0 Å². The highest BCUT2D eigenvalue weighted by atomic mass is 16.1. The van der Waals surface area contributed by atoms with Crippen LogP contribution in [-0.2, 0) is 0 Å². The molecule has 1 unspecified atom stereocenters. The number of benzene rings is 1. The van der Waals surface area contributed by atoms with Gasteiger partial charge >= 0.3 is 0 Å². The van der Waals surface area contributed by atoms with Crippen molar-refractivity contribution >= 4 is 5.78 Å². The SMILES string of the molecule is Cc1cc(C)c(C(=O)C2CCCCC2(C)C)cc1C. The van der Waals surface area contributed by atoms with Crippen LogP contribution in [0.15, 0.2) is 12.1 Å². The smallest absolute Gasteiger partial charge is 0.166 e. The minimum atomic E-state index is 0.153. The van der Waals surface area contributed by atoms with Gasteiger partial charge in [-0.1, -0.05) is 32.8 Å². The molecule has 19 heavy (non-hydrogen) atoms. The minimum Gasteiger partial charge on any atom is -0.294 e. The van der Waals surface area contributed by atoms with Gasteiger partial charge in [0.1, 0.15) is 0 Å². The van der Waals surface area contributed by atoms with Crippen LogP contribution in [0.4, 0.5) is 0 Å². The van der Waals surface area contributed by atoms with Crippen molar-refractivity contribution in [2.24, 2.45) is 11.3 Å². The lowest BCUT2D eigenvalue weighted by Crippen LogP contribution is -2.34. The quantitative estimate of drug-likeness (QED) is 0.681. The summed E-state index contributed by atoms with van der Waals surface area (Å²) in [6.07, 6.45) is 4.69. The monoisotopic (exact) mass is 258 g/mol. The third-order valence-electron chi connectivity index (χ3n) is 4.93. The molecule has 1 fully saturated rings. The molecule has 1 heteroatoms. The Bertz CT molecular complexity index is 497. The summed E-state index contributed by atoms with van der Waals surface area (Å²) in [6.45, 7) is 10.8. The highest BCUT2D eigenvalue weighted by Gasteiger charge is 2.37. The highest BCUT2D eigenvalue weighted by molar-refractivity contribution is 5.99. The molecule has 0 saturated heterocycles. The number of rotatable bonds is 2. The molecule has 1 atom stereocenters. The molecule has 0 N–H and O–H groups in total. The molecule has 0 radical (unpaired) electrons. The first kappa shape index (κ1) is 14.3. The summed E-state index contributed by atoms with van der Waals surface area (Å²) in [6, 6.07) is 4.25. The fraction of sp³-hybridized carbons (Fsp3) is 0.611. The van der Waals surface area contributed by atoms with Crippen molar-refractivity contribution in [3.8, 4) is 0 Å². The number of hydrogen-bond donors (Lipinski definition) is 0. The molecule has 104 valence electrons. The molecular weight excluding hydrogens is 232 g/mol. The van der Waals surface area contributed by atoms with Crippen molar-refractivity contribution in [1.29, 1.82) is 0 Å². The molecular formula is C18H26O.